The van der Waals surface area contributed by atoms with Crippen molar-refractivity contribution < 1.29 is 4.79 Å². The zero-order valence-electron chi connectivity index (χ0n) is 8.22. The largest absolute Gasteiger partial charge is 0.286 e. The Bertz CT molecular complexity index is 325. The van der Waals surface area contributed by atoms with Crippen LogP contribution in [0.25, 0.3) is 6.08 Å². The minimum Gasteiger partial charge on any atom is -0.286 e. The fourth-order valence-electron chi connectivity index (χ4n) is 1.57. The van der Waals surface area contributed by atoms with Crippen molar-refractivity contribution in [3.63, 3.8) is 0 Å². The van der Waals surface area contributed by atoms with Gasteiger partial charge in [-0.1, -0.05) is 23.8 Å². The van der Waals surface area contributed by atoms with Gasteiger partial charge in [0.15, 0.2) is 0 Å². The maximum atomic E-state index is 10.1. The van der Waals surface area contributed by atoms with Gasteiger partial charge in [-0.3, -0.25) is 4.79 Å². The smallest absolute Gasteiger partial charge is 0.225 e. The topological polar surface area (TPSA) is 17.1 Å². The van der Waals surface area contributed by atoms with E-state index in [4.69, 9.17) is 0 Å². The van der Waals surface area contributed by atoms with Crippen LogP contribution in [0.3, 0.4) is 0 Å². The second kappa shape index (κ2) is 4.04. The van der Waals surface area contributed by atoms with Gasteiger partial charge in [0.25, 0.3) is 0 Å². The average molecular weight is 173 g/mol. The molecule has 0 saturated heterocycles. The van der Waals surface area contributed by atoms with Gasteiger partial charge >= 0.3 is 0 Å². The summed E-state index contributed by atoms with van der Waals surface area (Å²) in [5.41, 5.74) is 4.77. The first-order valence-corrected chi connectivity index (χ1v) is 4.27. The van der Waals surface area contributed by atoms with Gasteiger partial charge in [-0.25, -0.2) is 0 Å². The Hall–Kier alpha value is -1.37. The Labute approximate surface area is 79.1 Å². The third-order valence-electron chi connectivity index (χ3n) is 2.06. The van der Waals surface area contributed by atoms with Crippen molar-refractivity contribution >= 4 is 12.4 Å². The number of benzene rings is 1. The van der Waals surface area contributed by atoms with E-state index >= 15 is 0 Å². The van der Waals surface area contributed by atoms with Crippen LogP contribution < -0.4 is 0 Å². The van der Waals surface area contributed by atoms with Crippen LogP contribution in [0.1, 0.15) is 22.3 Å². The summed E-state index contributed by atoms with van der Waals surface area (Å²) in [6.45, 7) is 6.16. The van der Waals surface area contributed by atoms with E-state index in [1.54, 1.807) is 12.4 Å². The minimum atomic E-state index is 1.12. The highest BCUT2D eigenvalue weighted by molar-refractivity contribution is 5.76. The zero-order chi connectivity index (χ0) is 9.84. The van der Waals surface area contributed by atoms with Crippen molar-refractivity contribution in [1.29, 1.82) is 0 Å². The summed E-state index contributed by atoms with van der Waals surface area (Å²) in [4.78, 5) is 10.1. The highest BCUT2D eigenvalue weighted by Gasteiger charge is 1.99. The molecule has 0 aromatic heterocycles. The molecule has 1 radical (unpaired) electrons. The van der Waals surface area contributed by atoms with E-state index in [2.05, 4.69) is 19.1 Å². The first-order valence-electron chi connectivity index (χ1n) is 4.27. The first-order chi connectivity index (χ1) is 6.15. The van der Waals surface area contributed by atoms with E-state index in [1.807, 2.05) is 13.8 Å². The van der Waals surface area contributed by atoms with E-state index in [-0.39, 0.29) is 0 Å². The molecule has 0 aliphatic carbocycles. The van der Waals surface area contributed by atoms with E-state index in [9.17, 15) is 4.79 Å². The number of hydrogen-bond acceptors (Lipinski definition) is 1. The Morgan fingerprint density at radius 3 is 2.15 bits per heavy atom. The first kappa shape index (κ1) is 9.72. The lowest BCUT2D eigenvalue weighted by Crippen LogP contribution is -1.88. The molecule has 0 N–H and O–H groups in total. The number of carbonyl (C=O) groups excluding carboxylic acids is 1. The van der Waals surface area contributed by atoms with Gasteiger partial charge in [-0.05, 0) is 43.5 Å². The van der Waals surface area contributed by atoms with Crippen molar-refractivity contribution in [3.05, 3.63) is 40.5 Å². The highest BCUT2D eigenvalue weighted by atomic mass is 16.1. The lowest BCUT2D eigenvalue weighted by molar-refractivity contribution is 0.564. The van der Waals surface area contributed by atoms with Crippen LogP contribution in [0.4, 0.5) is 0 Å². The fraction of sp³-hybridized carbons (Fsp3) is 0.250. The molecule has 13 heavy (non-hydrogen) atoms. The molecule has 0 unspecified atom stereocenters. The molecule has 0 fully saturated rings. The standard InChI is InChI=1S/C12H13O/c1-9-7-10(2)12(5-4-6-13)11(3)8-9/h4-5,7-8H,1-3H3. The second-order valence-corrected chi connectivity index (χ2v) is 3.26. The van der Waals surface area contributed by atoms with Gasteiger partial charge in [0.1, 0.15) is 0 Å². The molecule has 0 aliphatic rings. The Kier molecular flexibility index (Phi) is 3.02. The molecule has 0 aliphatic heterocycles. The van der Waals surface area contributed by atoms with E-state index in [0.29, 0.717) is 0 Å². The molecule has 1 rings (SSSR count). The van der Waals surface area contributed by atoms with Gasteiger partial charge in [0.2, 0.25) is 6.29 Å². The molecular formula is C12H13O. The third kappa shape index (κ3) is 2.28. The Morgan fingerprint density at radius 2 is 1.69 bits per heavy atom. The van der Waals surface area contributed by atoms with Crippen molar-refractivity contribution in [2.45, 2.75) is 20.8 Å². The lowest BCUT2D eigenvalue weighted by atomic mass is 10.00. The van der Waals surface area contributed by atoms with Crippen molar-refractivity contribution in [2.24, 2.45) is 0 Å². The summed E-state index contributed by atoms with van der Waals surface area (Å²) in [5.74, 6) is 0. The molecule has 1 aromatic rings. The van der Waals surface area contributed by atoms with Crippen LogP contribution in [0, 0.1) is 20.8 Å². The van der Waals surface area contributed by atoms with Gasteiger partial charge in [0, 0.05) is 0 Å². The molecule has 67 valence electrons. The normalized spacial score (nSPS) is 10.7. The summed E-state index contributed by atoms with van der Waals surface area (Å²) in [6, 6.07) is 4.22. The molecule has 1 nitrogen and oxygen atoms in total. The molecule has 0 saturated carbocycles. The van der Waals surface area contributed by atoms with E-state index in [1.165, 1.54) is 22.8 Å². The molecule has 1 heteroatoms. The molecule has 0 atom stereocenters. The molecule has 0 amide bonds. The predicted molar refractivity (Wildman–Crippen MR) is 55.4 cm³/mol. The highest BCUT2D eigenvalue weighted by Crippen LogP contribution is 2.17. The predicted octanol–water partition coefficient (Wildman–Crippen LogP) is 2.73. The summed E-state index contributed by atoms with van der Waals surface area (Å²) >= 11 is 0. The van der Waals surface area contributed by atoms with Gasteiger partial charge in [-0.2, -0.15) is 0 Å². The van der Waals surface area contributed by atoms with Crippen LogP contribution in [0.15, 0.2) is 18.2 Å². The van der Waals surface area contributed by atoms with Gasteiger partial charge in [-0.15, -0.1) is 0 Å². The van der Waals surface area contributed by atoms with Crippen molar-refractivity contribution in [2.75, 3.05) is 0 Å². The van der Waals surface area contributed by atoms with E-state index < -0.39 is 0 Å². The van der Waals surface area contributed by atoms with Gasteiger partial charge < -0.3 is 0 Å². The number of allylic oxidation sites excluding steroid dienone is 1. The number of hydrogen-bond donors (Lipinski definition) is 0. The monoisotopic (exact) mass is 173 g/mol. The minimum absolute atomic E-state index is 1.12. The summed E-state index contributed by atoms with van der Waals surface area (Å²) in [7, 11) is 0. The lowest BCUT2D eigenvalue weighted by Gasteiger charge is -2.06. The summed E-state index contributed by atoms with van der Waals surface area (Å²) in [5, 5.41) is 0. The summed E-state index contributed by atoms with van der Waals surface area (Å²) in [6.07, 6.45) is 4.96. The van der Waals surface area contributed by atoms with Crippen LogP contribution in [-0.2, 0) is 4.79 Å². The molecule has 0 spiro atoms. The maximum absolute atomic E-state index is 10.1. The Balaban J connectivity index is 3.20. The molecule has 0 bridgehead atoms. The SMILES string of the molecule is Cc1cc(C)c(C=C[C]=O)c(C)c1. The number of aryl methyl sites for hydroxylation is 3. The fourth-order valence-corrected chi connectivity index (χ4v) is 1.57. The maximum Gasteiger partial charge on any atom is 0.225 e. The van der Waals surface area contributed by atoms with E-state index in [0.717, 1.165) is 5.56 Å². The third-order valence-corrected chi connectivity index (χ3v) is 2.06. The summed E-state index contributed by atoms with van der Waals surface area (Å²) < 4.78 is 0. The van der Waals surface area contributed by atoms with Crippen molar-refractivity contribution in [3.8, 4) is 0 Å². The molecule has 0 heterocycles. The van der Waals surface area contributed by atoms with Crippen LogP contribution in [-0.4, -0.2) is 6.29 Å². The quantitative estimate of drug-likeness (QED) is 0.628. The molecular weight excluding hydrogens is 160 g/mol. The number of rotatable bonds is 2. The zero-order valence-corrected chi connectivity index (χ0v) is 8.22. The Morgan fingerprint density at radius 1 is 1.15 bits per heavy atom. The van der Waals surface area contributed by atoms with Crippen molar-refractivity contribution in [1.82, 2.24) is 0 Å². The van der Waals surface area contributed by atoms with Crippen LogP contribution >= 0.6 is 0 Å². The average Bonchev–Trinajstić information content (AvgIpc) is 2.02. The van der Waals surface area contributed by atoms with Gasteiger partial charge in [0.05, 0.1) is 0 Å². The van der Waals surface area contributed by atoms with Crippen LogP contribution in [0.5, 0.6) is 0 Å². The van der Waals surface area contributed by atoms with Crippen LogP contribution in [0.2, 0.25) is 0 Å². The molecule has 1 aromatic carbocycles. The second-order valence-electron chi connectivity index (χ2n) is 3.26.